The van der Waals surface area contributed by atoms with Gasteiger partial charge in [-0.15, -0.1) is 0 Å². The lowest BCUT2D eigenvalue weighted by Gasteiger charge is -2.05. The summed E-state index contributed by atoms with van der Waals surface area (Å²) >= 11 is 0. The molecule has 0 amide bonds. The summed E-state index contributed by atoms with van der Waals surface area (Å²) in [5.74, 6) is -0.676. The van der Waals surface area contributed by atoms with Gasteiger partial charge in [0.2, 0.25) is 5.65 Å². The van der Waals surface area contributed by atoms with E-state index in [4.69, 9.17) is 0 Å². The maximum atomic E-state index is 11.6. The fourth-order valence-electron chi connectivity index (χ4n) is 1.29. The van der Waals surface area contributed by atoms with E-state index >= 15 is 0 Å². The van der Waals surface area contributed by atoms with Crippen molar-refractivity contribution in [3.8, 4) is 0 Å². The van der Waals surface area contributed by atoms with Crippen LogP contribution in [0.25, 0.3) is 11.2 Å². The minimum Gasteiger partial charge on any atom is -0.339 e. The summed E-state index contributed by atoms with van der Waals surface area (Å²) in [6, 6.07) is 0. The zero-order valence-corrected chi connectivity index (χ0v) is 8.55. The topological polar surface area (TPSA) is 99.0 Å². The highest BCUT2D eigenvalue weighted by atomic mass is 16.7. The minimum atomic E-state index is -0.764. The van der Waals surface area contributed by atoms with Gasteiger partial charge in [0, 0.05) is 14.0 Å². The molecule has 0 aromatic carbocycles. The number of nitrogens with one attached hydrogen (secondary N) is 1. The largest absolute Gasteiger partial charge is 0.366 e. The highest BCUT2D eigenvalue weighted by molar-refractivity contribution is 5.71. The molecule has 0 unspecified atom stereocenters. The van der Waals surface area contributed by atoms with Crippen LogP contribution >= 0.6 is 0 Å². The number of H-pyrrole nitrogens is 1. The summed E-state index contributed by atoms with van der Waals surface area (Å²) in [6.45, 7) is 1.15. The monoisotopic (exact) mass is 224 g/mol. The minimum absolute atomic E-state index is 0.0108. The molecule has 8 nitrogen and oxygen atoms in total. The van der Waals surface area contributed by atoms with Crippen LogP contribution in [-0.2, 0) is 11.8 Å². The van der Waals surface area contributed by atoms with Gasteiger partial charge in [-0.2, -0.15) is 0 Å². The quantitative estimate of drug-likeness (QED) is 0.628. The standard InChI is InChI=1S/C8H8N4O4/c1-4(13)16-12-6-5(9-3-10-6)7(14)11(2)8(12)15/h3H,1-2H3,(H,9,10). The van der Waals surface area contributed by atoms with E-state index in [0.717, 1.165) is 11.5 Å². The first-order chi connectivity index (χ1) is 7.52. The SMILES string of the molecule is CC(=O)On1c(=O)n(C)c(=O)c2[nH]cnc21. The van der Waals surface area contributed by atoms with Crippen molar-refractivity contribution in [3.05, 3.63) is 27.2 Å². The van der Waals surface area contributed by atoms with E-state index in [1.165, 1.54) is 13.4 Å². The van der Waals surface area contributed by atoms with Gasteiger partial charge in [0.25, 0.3) is 5.56 Å². The number of aromatic nitrogens is 4. The number of nitrogens with zero attached hydrogens (tertiary/aromatic N) is 3. The van der Waals surface area contributed by atoms with E-state index < -0.39 is 17.2 Å². The molecule has 84 valence electrons. The van der Waals surface area contributed by atoms with Crippen molar-refractivity contribution in [2.75, 3.05) is 0 Å². The Morgan fingerprint density at radius 2 is 2.19 bits per heavy atom. The number of carbonyl (C=O) groups excluding carboxylic acids is 1. The molecule has 2 aromatic rings. The third-order valence-corrected chi connectivity index (χ3v) is 2.01. The van der Waals surface area contributed by atoms with Crippen LogP contribution in [0.2, 0.25) is 0 Å². The second-order valence-corrected chi connectivity index (χ2v) is 3.13. The Hall–Kier alpha value is -2.38. The lowest BCUT2D eigenvalue weighted by atomic mass is 10.5. The van der Waals surface area contributed by atoms with Crippen molar-refractivity contribution in [1.82, 2.24) is 19.3 Å². The molecular weight excluding hydrogens is 216 g/mol. The Kier molecular flexibility index (Phi) is 2.11. The number of imidazole rings is 1. The molecule has 2 aromatic heterocycles. The Morgan fingerprint density at radius 1 is 1.50 bits per heavy atom. The molecular formula is C8H8N4O4. The van der Waals surface area contributed by atoms with Crippen molar-refractivity contribution < 1.29 is 9.63 Å². The van der Waals surface area contributed by atoms with Gasteiger partial charge in [-0.05, 0) is 0 Å². The summed E-state index contributed by atoms with van der Waals surface area (Å²) < 4.78 is 1.50. The van der Waals surface area contributed by atoms with Crippen LogP contribution in [0.15, 0.2) is 15.9 Å². The number of carbonyl (C=O) groups is 1. The van der Waals surface area contributed by atoms with E-state index in [9.17, 15) is 14.4 Å². The molecule has 0 bridgehead atoms. The Labute approximate surface area is 88.0 Å². The van der Waals surface area contributed by atoms with Crippen LogP contribution in [0.3, 0.4) is 0 Å². The summed E-state index contributed by atoms with van der Waals surface area (Å²) in [5.41, 5.74) is -1.20. The lowest BCUT2D eigenvalue weighted by molar-refractivity contribution is -0.141. The van der Waals surface area contributed by atoms with Gasteiger partial charge in [-0.25, -0.2) is 14.6 Å². The molecule has 0 spiro atoms. The summed E-state index contributed by atoms with van der Waals surface area (Å²) in [6.07, 6.45) is 1.24. The highest BCUT2D eigenvalue weighted by Crippen LogP contribution is 1.98. The van der Waals surface area contributed by atoms with Crippen molar-refractivity contribution in [2.24, 2.45) is 7.05 Å². The average molecular weight is 224 g/mol. The smallest absolute Gasteiger partial charge is 0.339 e. The van der Waals surface area contributed by atoms with E-state index in [-0.39, 0.29) is 11.2 Å². The van der Waals surface area contributed by atoms with Crippen molar-refractivity contribution in [2.45, 2.75) is 6.92 Å². The predicted molar refractivity (Wildman–Crippen MR) is 52.9 cm³/mol. The first-order valence-electron chi connectivity index (χ1n) is 4.36. The third kappa shape index (κ3) is 1.31. The molecule has 0 aliphatic carbocycles. The summed E-state index contributed by atoms with van der Waals surface area (Å²) in [7, 11) is 1.28. The molecule has 2 heterocycles. The Bertz CT molecular complexity index is 677. The molecule has 8 heteroatoms. The zero-order valence-electron chi connectivity index (χ0n) is 8.55. The van der Waals surface area contributed by atoms with Crippen molar-refractivity contribution in [1.29, 1.82) is 0 Å². The number of aromatic amines is 1. The van der Waals surface area contributed by atoms with Gasteiger partial charge in [0.05, 0.1) is 6.33 Å². The second-order valence-electron chi connectivity index (χ2n) is 3.13. The molecule has 0 atom stereocenters. The molecule has 2 rings (SSSR count). The van der Waals surface area contributed by atoms with Crippen LogP contribution < -0.4 is 16.1 Å². The molecule has 0 saturated heterocycles. The van der Waals surface area contributed by atoms with E-state index in [0.29, 0.717) is 4.73 Å². The predicted octanol–water partition coefficient (Wildman–Crippen LogP) is -1.60. The molecule has 16 heavy (non-hydrogen) atoms. The van der Waals surface area contributed by atoms with Crippen molar-refractivity contribution >= 4 is 17.1 Å². The summed E-state index contributed by atoms with van der Waals surface area (Å²) in [4.78, 5) is 45.0. The molecule has 0 radical (unpaired) electrons. The van der Waals surface area contributed by atoms with Crippen LogP contribution in [0, 0.1) is 0 Å². The van der Waals surface area contributed by atoms with Crippen LogP contribution in [-0.4, -0.2) is 25.2 Å². The van der Waals surface area contributed by atoms with Crippen LogP contribution in [0.5, 0.6) is 0 Å². The van der Waals surface area contributed by atoms with Crippen LogP contribution in [0.1, 0.15) is 6.92 Å². The first-order valence-corrected chi connectivity index (χ1v) is 4.36. The fourth-order valence-corrected chi connectivity index (χ4v) is 1.29. The van der Waals surface area contributed by atoms with Gasteiger partial charge < -0.3 is 9.82 Å². The lowest BCUT2D eigenvalue weighted by Crippen LogP contribution is -2.41. The second kappa shape index (κ2) is 3.33. The maximum absolute atomic E-state index is 11.6. The third-order valence-electron chi connectivity index (χ3n) is 2.01. The normalized spacial score (nSPS) is 10.6. The first kappa shape index (κ1) is 10.1. The van der Waals surface area contributed by atoms with Crippen molar-refractivity contribution in [3.63, 3.8) is 0 Å². The van der Waals surface area contributed by atoms with E-state index in [2.05, 4.69) is 14.8 Å². The molecule has 0 aliphatic heterocycles. The summed E-state index contributed by atoms with van der Waals surface area (Å²) in [5, 5.41) is 0. The number of hydrogen-bond donors (Lipinski definition) is 1. The van der Waals surface area contributed by atoms with Gasteiger partial charge in [0.15, 0.2) is 5.52 Å². The molecule has 0 fully saturated rings. The van der Waals surface area contributed by atoms with E-state index in [1.54, 1.807) is 0 Å². The fraction of sp³-hybridized carbons (Fsp3) is 0.250. The van der Waals surface area contributed by atoms with E-state index in [1.807, 2.05) is 0 Å². The van der Waals surface area contributed by atoms with Gasteiger partial charge in [-0.3, -0.25) is 9.36 Å². The Morgan fingerprint density at radius 3 is 2.81 bits per heavy atom. The Balaban J connectivity index is 2.91. The molecule has 1 N–H and O–H groups in total. The number of fused-ring (bicyclic) bond motifs is 1. The zero-order chi connectivity index (χ0) is 11.9. The van der Waals surface area contributed by atoms with Crippen LogP contribution in [0.4, 0.5) is 0 Å². The highest BCUT2D eigenvalue weighted by Gasteiger charge is 2.14. The molecule has 0 saturated carbocycles. The number of hydrogen-bond acceptors (Lipinski definition) is 5. The van der Waals surface area contributed by atoms with Gasteiger partial charge >= 0.3 is 11.7 Å². The van der Waals surface area contributed by atoms with Gasteiger partial charge in [-0.1, -0.05) is 4.73 Å². The molecule has 0 aliphatic rings. The maximum Gasteiger partial charge on any atom is 0.366 e. The number of rotatable bonds is 1. The average Bonchev–Trinajstić information content (AvgIpc) is 2.69. The van der Waals surface area contributed by atoms with Gasteiger partial charge in [0.1, 0.15) is 0 Å².